The maximum atomic E-state index is 12.3. The molecule has 0 spiro atoms. The number of likely N-dealkylation sites (tertiary alicyclic amines) is 1. The Morgan fingerprint density at radius 3 is 3.06 bits per heavy atom. The van der Waals surface area contributed by atoms with Crippen LogP contribution in [0.1, 0.15) is 23.3 Å². The predicted octanol–water partition coefficient (Wildman–Crippen LogP) is 1.25. The molecule has 5 nitrogen and oxygen atoms in total. The van der Waals surface area contributed by atoms with E-state index >= 15 is 0 Å². The van der Waals surface area contributed by atoms with Crippen molar-refractivity contribution in [2.75, 3.05) is 20.2 Å². The number of H-pyrrole nitrogens is 1. The molecule has 2 atom stereocenters. The standard InChI is InChI=1S/C12H18ClN3O2/c1-18-10-2-3-16(9(5-10)6-14)12(17)11-4-8(13)7-15-11/h4,7,9-10,15H,2-3,5-6,14H2,1H3. The second-order valence-corrected chi connectivity index (χ2v) is 4.94. The lowest BCUT2D eigenvalue weighted by Gasteiger charge is -2.38. The summed E-state index contributed by atoms with van der Waals surface area (Å²) >= 11 is 5.81. The van der Waals surface area contributed by atoms with Gasteiger partial charge in [-0.05, 0) is 18.9 Å². The van der Waals surface area contributed by atoms with Crippen LogP contribution in [0.25, 0.3) is 0 Å². The summed E-state index contributed by atoms with van der Waals surface area (Å²) in [7, 11) is 1.69. The molecule has 1 amide bonds. The molecule has 0 radical (unpaired) electrons. The molecule has 1 aromatic rings. The second-order valence-electron chi connectivity index (χ2n) is 4.50. The summed E-state index contributed by atoms with van der Waals surface area (Å²) in [6, 6.07) is 1.66. The van der Waals surface area contributed by atoms with Gasteiger partial charge in [0.1, 0.15) is 5.69 Å². The summed E-state index contributed by atoms with van der Waals surface area (Å²) < 4.78 is 5.34. The zero-order valence-corrected chi connectivity index (χ0v) is 11.1. The summed E-state index contributed by atoms with van der Waals surface area (Å²) in [6.45, 7) is 1.11. The van der Waals surface area contributed by atoms with Crippen LogP contribution < -0.4 is 5.73 Å². The van der Waals surface area contributed by atoms with Crippen molar-refractivity contribution in [3.05, 3.63) is 23.0 Å². The number of nitrogens with zero attached hydrogens (tertiary/aromatic N) is 1. The predicted molar refractivity (Wildman–Crippen MR) is 69.7 cm³/mol. The number of halogens is 1. The number of carbonyl (C=O) groups is 1. The summed E-state index contributed by atoms with van der Waals surface area (Å²) in [6.07, 6.45) is 3.42. The van der Waals surface area contributed by atoms with E-state index in [-0.39, 0.29) is 18.1 Å². The first-order valence-corrected chi connectivity index (χ1v) is 6.41. The topological polar surface area (TPSA) is 71.3 Å². The molecule has 0 bridgehead atoms. The third-order valence-corrected chi connectivity index (χ3v) is 3.63. The molecule has 0 saturated carbocycles. The van der Waals surface area contributed by atoms with Crippen LogP contribution >= 0.6 is 11.6 Å². The zero-order chi connectivity index (χ0) is 13.1. The molecule has 18 heavy (non-hydrogen) atoms. The fourth-order valence-electron chi connectivity index (χ4n) is 2.37. The van der Waals surface area contributed by atoms with Crippen molar-refractivity contribution < 1.29 is 9.53 Å². The maximum absolute atomic E-state index is 12.3. The highest BCUT2D eigenvalue weighted by atomic mass is 35.5. The molecule has 0 aromatic carbocycles. The van der Waals surface area contributed by atoms with Crippen molar-refractivity contribution in [1.82, 2.24) is 9.88 Å². The Morgan fingerprint density at radius 2 is 2.50 bits per heavy atom. The lowest BCUT2D eigenvalue weighted by Crippen LogP contribution is -2.51. The van der Waals surface area contributed by atoms with Crippen molar-refractivity contribution in [3.63, 3.8) is 0 Å². The molecule has 1 aliphatic heterocycles. The molecular formula is C12H18ClN3O2. The lowest BCUT2D eigenvalue weighted by atomic mass is 9.99. The van der Waals surface area contributed by atoms with Crippen LogP contribution in [0.15, 0.2) is 12.3 Å². The number of nitrogens with one attached hydrogen (secondary N) is 1. The summed E-state index contributed by atoms with van der Waals surface area (Å²) in [5.41, 5.74) is 6.25. The Hall–Kier alpha value is -1.04. The first kappa shape index (κ1) is 13.4. The summed E-state index contributed by atoms with van der Waals surface area (Å²) in [5.74, 6) is -0.0492. The van der Waals surface area contributed by atoms with Crippen molar-refractivity contribution in [2.24, 2.45) is 5.73 Å². The Morgan fingerprint density at radius 1 is 1.72 bits per heavy atom. The Kier molecular flexibility index (Phi) is 4.27. The van der Waals surface area contributed by atoms with E-state index in [4.69, 9.17) is 22.1 Å². The van der Waals surface area contributed by atoms with Gasteiger partial charge in [-0.1, -0.05) is 11.6 Å². The molecule has 1 aliphatic rings. The van der Waals surface area contributed by atoms with Crippen LogP contribution in [-0.4, -0.2) is 48.1 Å². The monoisotopic (exact) mass is 271 g/mol. The highest BCUT2D eigenvalue weighted by Crippen LogP contribution is 2.22. The van der Waals surface area contributed by atoms with Crippen molar-refractivity contribution in [3.8, 4) is 0 Å². The van der Waals surface area contributed by atoms with Crippen LogP contribution in [0, 0.1) is 0 Å². The second kappa shape index (κ2) is 5.73. The molecule has 1 saturated heterocycles. The molecule has 3 N–H and O–H groups in total. The largest absolute Gasteiger partial charge is 0.381 e. The average Bonchev–Trinajstić information content (AvgIpc) is 2.83. The van der Waals surface area contributed by atoms with Gasteiger partial charge in [0.05, 0.1) is 11.1 Å². The molecule has 100 valence electrons. The van der Waals surface area contributed by atoms with Crippen molar-refractivity contribution in [2.45, 2.75) is 25.0 Å². The molecule has 1 fully saturated rings. The summed E-state index contributed by atoms with van der Waals surface area (Å²) in [5, 5.41) is 0.537. The zero-order valence-electron chi connectivity index (χ0n) is 10.4. The third kappa shape index (κ3) is 2.68. The van der Waals surface area contributed by atoms with Gasteiger partial charge in [-0.3, -0.25) is 4.79 Å². The highest BCUT2D eigenvalue weighted by Gasteiger charge is 2.31. The van der Waals surface area contributed by atoms with E-state index in [9.17, 15) is 4.79 Å². The van der Waals surface area contributed by atoms with Crippen LogP contribution in [0.5, 0.6) is 0 Å². The number of ether oxygens (including phenoxy) is 1. The molecular weight excluding hydrogens is 254 g/mol. The van der Waals surface area contributed by atoms with Gasteiger partial charge in [-0.2, -0.15) is 0 Å². The number of rotatable bonds is 3. The van der Waals surface area contributed by atoms with Crippen LogP contribution in [0.4, 0.5) is 0 Å². The van der Waals surface area contributed by atoms with Gasteiger partial charge in [-0.15, -0.1) is 0 Å². The van der Waals surface area contributed by atoms with Gasteiger partial charge >= 0.3 is 0 Å². The first-order valence-electron chi connectivity index (χ1n) is 6.03. The van der Waals surface area contributed by atoms with Gasteiger partial charge in [0.2, 0.25) is 0 Å². The van der Waals surface area contributed by atoms with E-state index in [0.717, 1.165) is 12.8 Å². The normalized spacial score (nSPS) is 24.3. The number of carbonyl (C=O) groups excluding carboxylic acids is 1. The van der Waals surface area contributed by atoms with Crippen LogP contribution in [-0.2, 0) is 4.74 Å². The Bertz CT molecular complexity index is 421. The van der Waals surface area contributed by atoms with Gasteiger partial charge in [-0.25, -0.2) is 0 Å². The molecule has 2 heterocycles. The SMILES string of the molecule is COC1CCN(C(=O)c2cc(Cl)c[nH]2)C(CN)C1. The molecule has 2 rings (SSSR count). The van der Waals surface area contributed by atoms with E-state index in [0.29, 0.717) is 23.8 Å². The fraction of sp³-hybridized carbons (Fsp3) is 0.583. The number of aromatic nitrogens is 1. The van der Waals surface area contributed by atoms with Crippen LogP contribution in [0.3, 0.4) is 0 Å². The third-order valence-electron chi connectivity index (χ3n) is 3.41. The van der Waals surface area contributed by atoms with Gasteiger partial charge < -0.3 is 20.4 Å². The minimum absolute atomic E-state index is 0.0262. The van der Waals surface area contributed by atoms with Gasteiger partial charge in [0.15, 0.2) is 0 Å². The number of nitrogens with two attached hydrogens (primary N) is 1. The maximum Gasteiger partial charge on any atom is 0.270 e. The minimum Gasteiger partial charge on any atom is -0.381 e. The van der Waals surface area contributed by atoms with E-state index < -0.39 is 0 Å². The molecule has 6 heteroatoms. The van der Waals surface area contributed by atoms with Gasteiger partial charge in [0.25, 0.3) is 5.91 Å². The number of hydrogen-bond donors (Lipinski definition) is 2. The molecule has 1 aromatic heterocycles. The fourth-order valence-corrected chi connectivity index (χ4v) is 2.53. The van der Waals surface area contributed by atoms with E-state index in [1.165, 1.54) is 0 Å². The Labute approximate surface area is 111 Å². The smallest absolute Gasteiger partial charge is 0.270 e. The number of aromatic amines is 1. The minimum atomic E-state index is -0.0492. The Balaban J connectivity index is 2.10. The quantitative estimate of drug-likeness (QED) is 0.869. The number of methoxy groups -OCH3 is 1. The van der Waals surface area contributed by atoms with Gasteiger partial charge in [0, 0.05) is 32.4 Å². The number of piperidine rings is 1. The number of amides is 1. The molecule has 0 aliphatic carbocycles. The van der Waals surface area contributed by atoms with E-state index in [2.05, 4.69) is 4.98 Å². The molecule has 2 unspecified atom stereocenters. The summed E-state index contributed by atoms with van der Waals surface area (Å²) in [4.78, 5) is 17.0. The number of hydrogen-bond acceptors (Lipinski definition) is 3. The van der Waals surface area contributed by atoms with E-state index in [1.807, 2.05) is 0 Å². The lowest BCUT2D eigenvalue weighted by molar-refractivity contribution is 0.0136. The van der Waals surface area contributed by atoms with Crippen LogP contribution in [0.2, 0.25) is 5.02 Å². The first-order chi connectivity index (χ1) is 8.65. The van der Waals surface area contributed by atoms with E-state index in [1.54, 1.807) is 24.3 Å². The van der Waals surface area contributed by atoms with Crippen molar-refractivity contribution >= 4 is 17.5 Å². The average molecular weight is 272 g/mol. The highest BCUT2D eigenvalue weighted by molar-refractivity contribution is 6.30. The van der Waals surface area contributed by atoms with Crippen molar-refractivity contribution in [1.29, 1.82) is 0 Å².